The third kappa shape index (κ3) is 4.53. The van der Waals surface area contributed by atoms with Gasteiger partial charge in [-0.1, -0.05) is 12.1 Å². The molecule has 0 bridgehead atoms. The molecule has 8 N–H and O–H groups in total. The second-order valence-corrected chi connectivity index (χ2v) is 6.65. The van der Waals surface area contributed by atoms with Crippen LogP contribution in [-0.2, 0) is 20.2 Å². The Labute approximate surface area is 153 Å². The predicted octanol–water partition coefficient (Wildman–Crippen LogP) is -4.37. The molecule has 0 aliphatic carbocycles. The molecule has 0 heterocycles. The summed E-state index contributed by atoms with van der Waals surface area (Å²) in [7, 11) is -9.90. The molecule has 0 saturated heterocycles. The molecule has 13 heteroatoms. The second kappa shape index (κ2) is 7.74. The van der Waals surface area contributed by atoms with Gasteiger partial charge in [0.05, 0.1) is 10.6 Å². The fourth-order valence-corrected chi connectivity index (χ4v) is 3.27. The molecule has 0 aliphatic heterocycles. The zero-order chi connectivity index (χ0) is 15.3. The van der Waals surface area contributed by atoms with E-state index in [9.17, 15) is 26.5 Å². The minimum atomic E-state index is -5.09. The Bertz CT molecular complexity index is 925. The van der Waals surface area contributed by atoms with Gasteiger partial charge in [-0.3, -0.25) is 4.55 Å². The molecule has 23 heavy (non-hydrogen) atoms. The molecule has 2 aromatic carbocycles. The Kier molecular flexibility index (Phi) is 8.18. The number of nitrogen functional groups attached to an aromatic ring is 1. The molecule has 2 aromatic rings. The number of aromatic hydroxyl groups is 1. The van der Waals surface area contributed by atoms with E-state index in [4.69, 9.17) is 10.3 Å². The van der Waals surface area contributed by atoms with Gasteiger partial charge >= 0.3 is 29.6 Å². The van der Waals surface area contributed by atoms with Crippen molar-refractivity contribution in [2.75, 3.05) is 5.73 Å². The summed E-state index contributed by atoms with van der Waals surface area (Å²) in [6, 6.07) is 4.08. The van der Waals surface area contributed by atoms with Crippen LogP contribution >= 0.6 is 0 Å². The average molecular weight is 377 g/mol. The van der Waals surface area contributed by atoms with Crippen LogP contribution in [-0.4, -0.2) is 42.0 Å². The minimum Gasteiger partial charge on any atom is -0.744 e. The summed E-state index contributed by atoms with van der Waals surface area (Å²) in [5.74, 6) is -0.518. The molecule has 2 rings (SSSR count). The van der Waals surface area contributed by atoms with E-state index in [-0.39, 0.29) is 51.3 Å². The number of nitrogens with two attached hydrogens (primary N) is 1. The van der Waals surface area contributed by atoms with Crippen molar-refractivity contribution in [1.29, 1.82) is 0 Å². The fourth-order valence-electron chi connectivity index (χ4n) is 1.85. The number of anilines is 1. The van der Waals surface area contributed by atoms with E-state index in [2.05, 4.69) is 0 Å². The van der Waals surface area contributed by atoms with Crippen molar-refractivity contribution in [3.8, 4) is 5.75 Å². The Morgan fingerprint density at radius 1 is 1.04 bits per heavy atom. The van der Waals surface area contributed by atoms with E-state index < -0.39 is 41.5 Å². The van der Waals surface area contributed by atoms with E-state index in [1.165, 1.54) is 12.1 Å². The molecule has 0 amide bonds. The van der Waals surface area contributed by atoms with Crippen molar-refractivity contribution in [2.24, 2.45) is 0 Å². The van der Waals surface area contributed by atoms with Crippen molar-refractivity contribution in [3.63, 3.8) is 0 Å². The Hall–Kier alpha value is -0.960. The average Bonchev–Trinajstić information content (AvgIpc) is 2.25. The summed E-state index contributed by atoms with van der Waals surface area (Å²) in [6.07, 6.45) is 0. The summed E-state index contributed by atoms with van der Waals surface area (Å²) in [4.78, 5) is -1.86. The van der Waals surface area contributed by atoms with Gasteiger partial charge in [0.15, 0.2) is 0 Å². The molecule has 0 saturated carbocycles. The van der Waals surface area contributed by atoms with Crippen molar-refractivity contribution >= 4 is 36.7 Å². The normalized spacial score (nSPS) is 11.0. The summed E-state index contributed by atoms with van der Waals surface area (Å²) in [5.41, 5.74) is 4.92. The molecule has 0 atom stereocenters. The number of phenols is 1. The molecule has 124 valence electrons. The largest absolute Gasteiger partial charge is 1.00 e. The molecule has 0 fully saturated rings. The number of hydrogen-bond donors (Lipinski definition) is 3. The summed E-state index contributed by atoms with van der Waals surface area (Å²) in [5, 5.41) is 9.15. The Balaban J connectivity index is 0. The van der Waals surface area contributed by atoms with Gasteiger partial charge in [-0.2, -0.15) is 8.42 Å². The van der Waals surface area contributed by atoms with Crippen LogP contribution in [0.5, 0.6) is 5.75 Å². The second-order valence-electron chi connectivity index (χ2n) is 3.92. The van der Waals surface area contributed by atoms with Crippen molar-refractivity contribution in [2.45, 2.75) is 9.79 Å². The van der Waals surface area contributed by atoms with Gasteiger partial charge in [-0.15, -0.1) is 0 Å². The first-order valence-corrected chi connectivity index (χ1v) is 7.86. The zero-order valence-electron chi connectivity index (χ0n) is 11.6. The fraction of sp³-hybridized carbons (Fsp3) is 0. The van der Waals surface area contributed by atoms with Gasteiger partial charge < -0.3 is 26.3 Å². The van der Waals surface area contributed by atoms with Crippen LogP contribution < -0.4 is 35.3 Å². The van der Waals surface area contributed by atoms with Gasteiger partial charge in [0.1, 0.15) is 20.8 Å². The smallest absolute Gasteiger partial charge is 0.744 e. The van der Waals surface area contributed by atoms with Crippen molar-refractivity contribution in [1.82, 2.24) is 0 Å². The van der Waals surface area contributed by atoms with Gasteiger partial charge in [0.2, 0.25) is 0 Å². The van der Waals surface area contributed by atoms with Gasteiger partial charge in [-0.05, 0) is 12.1 Å². The summed E-state index contributed by atoms with van der Waals surface area (Å²) >= 11 is 0. The molecular formula is C10H12NNaO9S2. The maximum atomic E-state index is 11.3. The number of fused-ring (bicyclic) bond motifs is 1. The standard InChI is InChI=1S/C10H9NO7S2.Na.2H2O/c11-10-8(20(16,17)18)4-7(19(13,14)15)5-2-1-3-6(12)9(5)10;;;/h1-4,12H,11H2,(H,13,14,15)(H,16,17,18);;2*1H2/q;+1;;/p-1. The van der Waals surface area contributed by atoms with E-state index in [0.29, 0.717) is 6.07 Å². The van der Waals surface area contributed by atoms with Crippen LogP contribution in [0.15, 0.2) is 34.1 Å². The maximum Gasteiger partial charge on any atom is 1.00 e. The van der Waals surface area contributed by atoms with Gasteiger partial charge in [0.25, 0.3) is 10.1 Å². The molecule has 0 spiro atoms. The van der Waals surface area contributed by atoms with Crippen LogP contribution in [0.3, 0.4) is 0 Å². The zero-order valence-corrected chi connectivity index (χ0v) is 15.3. The Morgan fingerprint density at radius 2 is 1.57 bits per heavy atom. The third-order valence-corrected chi connectivity index (χ3v) is 4.42. The summed E-state index contributed by atoms with van der Waals surface area (Å²) < 4.78 is 65.0. The quantitative estimate of drug-likeness (QED) is 0.263. The maximum absolute atomic E-state index is 11.3. The van der Waals surface area contributed by atoms with E-state index in [0.717, 1.165) is 6.07 Å². The number of benzene rings is 2. The molecule has 0 aromatic heterocycles. The SMILES string of the molecule is Nc1c(S(=O)(=O)[O-])cc(S(=O)(=O)O)c2cccc(O)c12.O.O.[Na+]. The Morgan fingerprint density at radius 3 is 2.00 bits per heavy atom. The molecule has 0 unspecified atom stereocenters. The van der Waals surface area contributed by atoms with Crippen LogP contribution in [0, 0.1) is 0 Å². The van der Waals surface area contributed by atoms with Crippen LogP contribution in [0.4, 0.5) is 5.69 Å². The molecular weight excluding hydrogens is 365 g/mol. The van der Waals surface area contributed by atoms with Crippen molar-refractivity contribution < 1.29 is 71.6 Å². The monoisotopic (exact) mass is 377 g/mol. The van der Waals surface area contributed by atoms with E-state index in [1.54, 1.807) is 0 Å². The van der Waals surface area contributed by atoms with Crippen LogP contribution in [0.2, 0.25) is 0 Å². The minimum absolute atomic E-state index is 0. The molecule has 0 radical (unpaired) electrons. The third-order valence-electron chi connectivity index (χ3n) is 2.65. The van der Waals surface area contributed by atoms with Crippen LogP contribution in [0.25, 0.3) is 10.8 Å². The number of hydrogen-bond acceptors (Lipinski definition) is 7. The first-order chi connectivity index (χ1) is 9.03. The van der Waals surface area contributed by atoms with Gasteiger partial charge in [0, 0.05) is 10.8 Å². The first kappa shape index (κ1) is 24.3. The summed E-state index contributed by atoms with van der Waals surface area (Å²) in [6.45, 7) is 0. The molecule has 10 nitrogen and oxygen atoms in total. The number of rotatable bonds is 2. The van der Waals surface area contributed by atoms with E-state index in [1.807, 2.05) is 0 Å². The van der Waals surface area contributed by atoms with Crippen molar-refractivity contribution in [3.05, 3.63) is 24.3 Å². The molecule has 0 aliphatic rings. The first-order valence-electron chi connectivity index (χ1n) is 5.01. The van der Waals surface area contributed by atoms with E-state index >= 15 is 0 Å². The number of phenolic OH excluding ortho intramolecular Hbond substituents is 1. The predicted molar refractivity (Wildman–Crippen MR) is 75.0 cm³/mol. The van der Waals surface area contributed by atoms with Crippen LogP contribution in [0.1, 0.15) is 0 Å². The van der Waals surface area contributed by atoms with Gasteiger partial charge in [-0.25, -0.2) is 8.42 Å². The topological polar surface area (TPSA) is 221 Å².